The van der Waals surface area contributed by atoms with Crippen LogP contribution in [0.5, 0.6) is 11.5 Å². The van der Waals surface area contributed by atoms with Crippen molar-refractivity contribution in [1.82, 2.24) is 15.0 Å². The minimum atomic E-state index is -0.254. The maximum absolute atomic E-state index is 13.0. The molecule has 1 heterocycles. The number of hydrogen-bond donors (Lipinski definition) is 1. The molecule has 0 saturated heterocycles. The first-order valence-electron chi connectivity index (χ1n) is 9.46. The van der Waals surface area contributed by atoms with Crippen LogP contribution in [0.3, 0.4) is 0 Å². The Bertz CT molecular complexity index is 1110. The number of ether oxygens (including phenoxy) is 2. The van der Waals surface area contributed by atoms with Crippen molar-refractivity contribution < 1.29 is 13.9 Å². The highest BCUT2D eigenvalue weighted by Crippen LogP contribution is 2.18. The van der Waals surface area contributed by atoms with E-state index in [9.17, 15) is 4.39 Å². The molecule has 7 heteroatoms. The number of anilines is 1. The topological polar surface area (TPSA) is 61.2 Å². The quantitative estimate of drug-likeness (QED) is 0.465. The van der Waals surface area contributed by atoms with Gasteiger partial charge in [-0.1, -0.05) is 35.5 Å². The second-order valence-corrected chi connectivity index (χ2v) is 6.67. The molecule has 0 spiro atoms. The maximum Gasteiger partial charge on any atom is 0.169 e. The summed E-state index contributed by atoms with van der Waals surface area (Å²) in [5.74, 6) is 1.92. The van der Waals surface area contributed by atoms with Gasteiger partial charge in [-0.05, 0) is 47.5 Å². The first-order chi connectivity index (χ1) is 14.7. The smallest absolute Gasteiger partial charge is 0.169 e. The summed E-state index contributed by atoms with van der Waals surface area (Å²) in [6.07, 6.45) is 1.82. The standard InChI is InChI=1S/C23H21FN4O2/c1-29-21-6-3-5-20(13-21)28-15-23(26-27-28)25-14-18-4-2-7-22(12-18)30-16-17-8-10-19(24)11-9-17/h2-13,15,25H,14,16H2,1H3. The second kappa shape index (κ2) is 9.09. The largest absolute Gasteiger partial charge is 0.497 e. The number of halogens is 1. The molecule has 30 heavy (non-hydrogen) atoms. The fraction of sp³-hybridized carbons (Fsp3) is 0.130. The zero-order valence-electron chi connectivity index (χ0n) is 16.5. The van der Waals surface area contributed by atoms with Crippen molar-refractivity contribution in [2.45, 2.75) is 13.2 Å². The van der Waals surface area contributed by atoms with Crippen molar-refractivity contribution in [2.24, 2.45) is 0 Å². The van der Waals surface area contributed by atoms with Crippen LogP contribution in [0.1, 0.15) is 11.1 Å². The Morgan fingerprint density at radius 1 is 0.933 bits per heavy atom. The summed E-state index contributed by atoms with van der Waals surface area (Å²) >= 11 is 0. The van der Waals surface area contributed by atoms with E-state index in [1.54, 1.807) is 23.9 Å². The Morgan fingerprint density at radius 3 is 2.57 bits per heavy atom. The Morgan fingerprint density at radius 2 is 1.73 bits per heavy atom. The molecule has 4 aromatic rings. The van der Waals surface area contributed by atoms with Gasteiger partial charge in [0.15, 0.2) is 5.82 Å². The lowest BCUT2D eigenvalue weighted by atomic mass is 10.2. The Labute approximate surface area is 173 Å². The molecule has 0 aliphatic carbocycles. The molecule has 0 radical (unpaired) electrons. The van der Waals surface area contributed by atoms with Crippen LogP contribution in [0.25, 0.3) is 5.69 Å². The van der Waals surface area contributed by atoms with Crippen LogP contribution in [-0.4, -0.2) is 22.1 Å². The highest BCUT2D eigenvalue weighted by Gasteiger charge is 2.05. The van der Waals surface area contributed by atoms with Crippen molar-refractivity contribution in [3.05, 3.63) is 95.9 Å². The number of benzene rings is 3. The lowest BCUT2D eigenvalue weighted by molar-refractivity contribution is 0.306. The highest BCUT2D eigenvalue weighted by molar-refractivity contribution is 5.41. The molecule has 4 rings (SSSR count). The molecule has 0 atom stereocenters. The van der Waals surface area contributed by atoms with E-state index in [1.165, 1.54) is 12.1 Å². The van der Waals surface area contributed by atoms with E-state index in [0.29, 0.717) is 19.0 Å². The first kappa shape index (κ1) is 19.4. The monoisotopic (exact) mass is 404 g/mol. The van der Waals surface area contributed by atoms with Crippen molar-refractivity contribution >= 4 is 5.82 Å². The summed E-state index contributed by atoms with van der Waals surface area (Å²) in [4.78, 5) is 0. The molecule has 0 aliphatic rings. The van der Waals surface area contributed by atoms with Gasteiger partial charge < -0.3 is 14.8 Å². The summed E-state index contributed by atoms with van der Waals surface area (Å²) in [7, 11) is 1.63. The molecule has 0 aliphatic heterocycles. The molecule has 0 bridgehead atoms. The Balaban J connectivity index is 1.35. The number of nitrogens with one attached hydrogen (secondary N) is 1. The fourth-order valence-electron chi connectivity index (χ4n) is 2.91. The summed E-state index contributed by atoms with van der Waals surface area (Å²) in [5.41, 5.74) is 2.82. The van der Waals surface area contributed by atoms with Crippen LogP contribution in [0.4, 0.5) is 10.2 Å². The van der Waals surface area contributed by atoms with E-state index in [2.05, 4.69) is 15.6 Å². The zero-order chi connectivity index (χ0) is 20.8. The molecule has 0 fully saturated rings. The van der Waals surface area contributed by atoms with Crippen LogP contribution in [0.15, 0.2) is 79.0 Å². The van der Waals surface area contributed by atoms with E-state index in [1.807, 2.05) is 54.7 Å². The average molecular weight is 404 g/mol. The predicted octanol–water partition coefficient (Wildman–Crippen LogP) is 4.61. The van der Waals surface area contributed by atoms with Crippen molar-refractivity contribution in [3.63, 3.8) is 0 Å². The minimum Gasteiger partial charge on any atom is -0.497 e. The lowest BCUT2D eigenvalue weighted by Crippen LogP contribution is -2.01. The van der Waals surface area contributed by atoms with Gasteiger partial charge in [-0.25, -0.2) is 9.07 Å². The van der Waals surface area contributed by atoms with Gasteiger partial charge in [-0.2, -0.15) is 0 Å². The van der Waals surface area contributed by atoms with Gasteiger partial charge in [0.1, 0.15) is 23.9 Å². The van der Waals surface area contributed by atoms with Gasteiger partial charge in [0, 0.05) is 12.6 Å². The van der Waals surface area contributed by atoms with Crippen molar-refractivity contribution in [3.8, 4) is 17.2 Å². The Kier molecular flexibility index (Phi) is 5.89. The van der Waals surface area contributed by atoms with Crippen LogP contribution in [-0.2, 0) is 13.2 Å². The van der Waals surface area contributed by atoms with Crippen molar-refractivity contribution in [1.29, 1.82) is 0 Å². The molecule has 0 saturated carbocycles. The van der Waals surface area contributed by atoms with E-state index >= 15 is 0 Å². The molecule has 6 nitrogen and oxygen atoms in total. The molecule has 1 N–H and O–H groups in total. The minimum absolute atomic E-state index is 0.254. The van der Waals surface area contributed by atoms with Crippen LogP contribution >= 0.6 is 0 Å². The van der Waals surface area contributed by atoms with Gasteiger partial charge in [-0.15, -0.1) is 5.10 Å². The van der Waals surface area contributed by atoms with E-state index in [4.69, 9.17) is 9.47 Å². The van der Waals surface area contributed by atoms with E-state index in [-0.39, 0.29) is 5.82 Å². The third kappa shape index (κ3) is 4.94. The number of nitrogens with zero attached hydrogens (tertiary/aromatic N) is 3. The highest BCUT2D eigenvalue weighted by atomic mass is 19.1. The first-order valence-corrected chi connectivity index (χ1v) is 9.46. The average Bonchev–Trinajstić information content (AvgIpc) is 3.27. The molecular weight excluding hydrogens is 383 g/mol. The number of aromatic nitrogens is 3. The lowest BCUT2D eigenvalue weighted by Gasteiger charge is -2.09. The molecule has 1 aromatic heterocycles. The second-order valence-electron chi connectivity index (χ2n) is 6.67. The van der Waals surface area contributed by atoms with Crippen molar-refractivity contribution in [2.75, 3.05) is 12.4 Å². The molecule has 0 unspecified atom stereocenters. The summed E-state index contributed by atoms with van der Waals surface area (Å²) in [6.45, 7) is 0.955. The molecule has 0 amide bonds. The summed E-state index contributed by atoms with van der Waals surface area (Å²) in [5, 5.41) is 11.6. The number of methoxy groups -OCH3 is 1. The molecule has 152 valence electrons. The summed E-state index contributed by atoms with van der Waals surface area (Å²) in [6, 6.07) is 21.7. The number of hydrogen-bond acceptors (Lipinski definition) is 5. The predicted molar refractivity (Wildman–Crippen MR) is 112 cm³/mol. The van der Waals surface area contributed by atoms with Crippen LogP contribution < -0.4 is 14.8 Å². The third-order valence-electron chi connectivity index (χ3n) is 4.50. The van der Waals surface area contributed by atoms with E-state index < -0.39 is 0 Å². The van der Waals surface area contributed by atoms with Gasteiger partial charge in [-0.3, -0.25) is 0 Å². The summed E-state index contributed by atoms with van der Waals surface area (Å²) < 4.78 is 25.7. The third-order valence-corrected chi connectivity index (χ3v) is 4.50. The molecule has 3 aromatic carbocycles. The Hall–Kier alpha value is -3.87. The number of rotatable bonds is 8. The normalized spacial score (nSPS) is 10.6. The zero-order valence-corrected chi connectivity index (χ0v) is 16.5. The fourth-order valence-corrected chi connectivity index (χ4v) is 2.91. The van der Waals surface area contributed by atoms with Gasteiger partial charge in [0.25, 0.3) is 0 Å². The van der Waals surface area contributed by atoms with Gasteiger partial charge in [0.05, 0.1) is 19.0 Å². The van der Waals surface area contributed by atoms with E-state index in [0.717, 1.165) is 28.3 Å². The maximum atomic E-state index is 13.0. The SMILES string of the molecule is COc1cccc(-n2cc(NCc3cccc(OCc4ccc(F)cc4)c3)nn2)c1. The van der Waals surface area contributed by atoms with Gasteiger partial charge >= 0.3 is 0 Å². The van der Waals surface area contributed by atoms with Crippen LogP contribution in [0, 0.1) is 5.82 Å². The van der Waals surface area contributed by atoms with Gasteiger partial charge in [0.2, 0.25) is 0 Å². The van der Waals surface area contributed by atoms with Crippen LogP contribution in [0.2, 0.25) is 0 Å². The molecular formula is C23H21FN4O2.